The zero-order chi connectivity index (χ0) is 13.8. The Labute approximate surface area is 117 Å². The van der Waals surface area contributed by atoms with E-state index in [9.17, 15) is 10.1 Å². The first kappa shape index (κ1) is 14.0. The zero-order valence-corrected chi connectivity index (χ0v) is 12.2. The summed E-state index contributed by atoms with van der Waals surface area (Å²) < 4.78 is 0. The number of fused-ring (bicyclic) bond motifs is 1. The highest BCUT2D eigenvalue weighted by Gasteiger charge is 2.22. The largest absolute Gasteiger partial charge is 0.315 e. The summed E-state index contributed by atoms with van der Waals surface area (Å²) in [5.74, 6) is -0.0725. The lowest BCUT2D eigenvalue weighted by molar-refractivity contribution is -0.115. The average molecular weight is 277 g/mol. The van der Waals surface area contributed by atoms with Gasteiger partial charge in [-0.05, 0) is 38.2 Å². The van der Waals surface area contributed by atoms with Gasteiger partial charge in [-0.15, -0.1) is 11.3 Å². The number of hydrogen-bond donors (Lipinski definition) is 2. The number of aryl methyl sites for hydroxylation is 1. The second-order valence-electron chi connectivity index (χ2n) is 4.91. The fourth-order valence-corrected chi connectivity index (χ4v) is 3.45. The SMILES string of the molecule is CCC(C)NCC(=O)Nc1sc2c(c1C#N)CCC2. The Bertz CT molecular complexity index is 515. The number of anilines is 1. The van der Waals surface area contributed by atoms with E-state index in [-0.39, 0.29) is 5.91 Å². The Hall–Kier alpha value is -1.38. The molecule has 0 radical (unpaired) electrons. The van der Waals surface area contributed by atoms with Gasteiger partial charge in [-0.2, -0.15) is 5.26 Å². The maximum Gasteiger partial charge on any atom is 0.238 e. The Morgan fingerprint density at radius 1 is 1.53 bits per heavy atom. The minimum Gasteiger partial charge on any atom is -0.315 e. The second-order valence-corrected chi connectivity index (χ2v) is 6.02. The van der Waals surface area contributed by atoms with Crippen molar-refractivity contribution in [2.24, 2.45) is 0 Å². The molecular formula is C14H19N3OS. The van der Waals surface area contributed by atoms with Crippen molar-refractivity contribution in [1.82, 2.24) is 5.32 Å². The molecule has 0 fully saturated rings. The van der Waals surface area contributed by atoms with Crippen molar-refractivity contribution in [1.29, 1.82) is 5.26 Å². The zero-order valence-electron chi connectivity index (χ0n) is 11.4. The van der Waals surface area contributed by atoms with Crippen LogP contribution in [-0.4, -0.2) is 18.5 Å². The van der Waals surface area contributed by atoms with Crippen LogP contribution < -0.4 is 10.6 Å². The molecular weight excluding hydrogens is 258 g/mol. The van der Waals surface area contributed by atoms with Crippen molar-refractivity contribution in [2.45, 2.75) is 45.6 Å². The number of hydrogen-bond acceptors (Lipinski definition) is 4. The molecule has 5 heteroatoms. The van der Waals surface area contributed by atoms with E-state index in [4.69, 9.17) is 0 Å². The summed E-state index contributed by atoms with van der Waals surface area (Å²) in [5.41, 5.74) is 1.83. The lowest BCUT2D eigenvalue weighted by Gasteiger charge is -2.10. The Morgan fingerprint density at radius 2 is 2.32 bits per heavy atom. The number of nitrogens with zero attached hydrogens (tertiary/aromatic N) is 1. The van der Waals surface area contributed by atoms with Gasteiger partial charge in [0.15, 0.2) is 0 Å². The molecule has 0 bridgehead atoms. The number of carbonyl (C=O) groups is 1. The van der Waals surface area contributed by atoms with Crippen molar-refractivity contribution in [2.75, 3.05) is 11.9 Å². The summed E-state index contributed by atoms with van der Waals surface area (Å²) in [6.07, 6.45) is 4.12. The lowest BCUT2D eigenvalue weighted by atomic mass is 10.1. The minimum absolute atomic E-state index is 0.0725. The first-order valence-corrected chi connectivity index (χ1v) is 7.55. The number of rotatable bonds is 5. The van der Waals surface area contributed by atoms with Crippen LogP contribution in [-0.2, 0) is 17.6 Å². The molecule has 2 N–H and O–H groups in total. The molecule has 1 amide bonds. The molecule has 1 atom stereocenters. The van der Waals surface area contributed by atoms with Crippen molar-refractivity contribution in [3.63, 3.8) is 0 Å². The monoisotopic (exact) mass is 277 g/mol. The van der Waals surface area contributed by atoms with Gasteiger partial charge >= 0.3 is 0 Å². The number of thiophene rings is 1. The standard InChI is InChI=1S/C14H19N3OS/c1-3-9(2)16-8-13(18)17-14-11(7-15)10-5-4-6-12(10)19-14/h9,16H,3-6,8H2,1-2H3,(H,17,18). The molecule has 1 aliphatic carbocycles. The molecule has 4 nitrogen and oxygen atoms in total. The van der Waals surface area contributed by atoms with Gasteiger partial charge in [0, 0.05) is 10.9 Å². The summed E-state index contributed by atoms with van der Waals surface area (Å²) in [6.45, 7) is 4.42. The Kier molecular flexibility index (Phi) is 4.56. The normalized spacial score (nSPS) is 14.8. The third-order valence-corrected chi connectivity index (χ3v) is 4.72. The van der Waals surface area contributed by atoms with Crippen LogP contribution in [0.25, 0.3) is 0 Å². The quantitative estimate of drug-likeness (QED) is 0.868. The lowest BCUT2D eigenvalue weighted by Crippen LogP contribution is -2.33. The highest BCUT2D eigenvalue weighted by atomic mass is 32.1. The van der Waals surface area contributed by atoms with Crippen molar-refractivity contribution < 1.29 is 4.79 Å². The highest BCUT2D eigenvalue weighted by molar-refractivity contribution is 7.16. The van der Waals surface area contributed by atoms with E-state index in [2.05, 4.69) is 23.6 Å². The minimum atomic E-state index is -0.0725. The van der Waals surface area contributed by atoms with Crippen molar-refractivity contribution in [3.8, 4) is 6.07 Å². The van der Waals surface area contributed by atoms with E-state index >= 15 is 0 Å². The van der Waals surface area contributed by atoms with E-state index in [0.29, 0.717) is 18.2 Å². The van der Waals surface area contributed by atoms with Gasteiger partial charge in [0.1, 0.15) is 11.1 Å². The van der Waals surface area contributed by atoms with Crippen LogP contribution in [0.15, 0.2) is 0 Å². The number of carbonyl (C=O) groups excluding carboxylic acids is 1. The molecule has 0 aromatic carbocycles. The molecule has 1 aromatic heterocycles. The van der Waals surface area contributed by atoms with Gasteiger partial charge in [0.05, 0.1) is 12.1 Å². The van der Waals surface area contributed by atoms with Crippen LogP contribution in [0.3, 0.4) is 0 Å². The van der Waals surface area contributed by atoms with E-state index in [0.717, 1.165) is 36.2 Å². The highest BCUT2D eigenvalue weighted by Crippen LogP contribution is 2.38. The molecule has 1 aromatic rings. The first-order valence-electron chi connectivity index (χ1n) is 6.73. The van der Waals surface area contributed by atoms with Gasteiger partial charge < -0.3 is 10.6 Å². The molecule has 0 aliphatic heterocycles. The van der Waals surface area contributed by atoms with E-state index in [1.807, 2.05) is 6.92 Å². The van der Waals surface area contributed by atoms with Crippen LogP contribution in [0.5, 0.6) is 0 Å². The molecule has 0 spiro atoms. The van der Waals surface area contributed by atoms with Crippen LogP contribution in [0, 0.1) is 11.3 Å². The number of nitriles is 1. The Balaban J connectivity index is 2.00. The van der Waals surface area contributed by atoms with Gasteiger partial charge in [-0.3, -0.25) is 4.79 Å². The predicted octanol–water partition coefficient (Wildman–Crippen LogP) is 2.44. The molecule has 0 saturated carbocycles. The van der Waals surface area contributed by atoms with E-state index in [1.54, 1.807) is 11.3 Å². The number of nitrogens with one attached hydrogen (secondary N) is 2. The van der Waals surface area contributed by atoms with Crippen LogP contribution >= 0.6 is 11.3 Å². The van der Waals surface area contributed by atoms with Gasteiger partial charge in [-0.1, -0.05) is 6.92 Å². The third kappa shape index (κ3) is 3.14. The van der Waals surface area contributed by atoms with E-state index < -0.39 is 0 Å². The van der Waals surface area contributed by atoms with Gasteiger partial charge in [0.2, 0.25) is 5.91 Å². The van der Waals surface area contributed by atoms with Crippen molar-refractivity contribution >= 4 is 22.2 Å². The smallest absolute Gasteiger partial charge is 0.238 e. The molecule has 1 heterocycles. The van der Waals surface area contributed by atoms with Crippen LogP contribution in [0.1, 0.15) is 42.7 Å². The van der Waals surface area contributed by atoms with E-state index in [1.165, 1.54) is 4.88 Å². The summed E-state index contributed by atoms with van der Waals surface area (Å²) in [5, 5.41) is 16.0. The van der Waals surface area contributed by atoms with Crippen LogP contribution in [0.4, 0.5) is 5.00 Å². The maximum absolute atomic E-state index is 11.9. The van der Waals surface area contributed by atoms with Crippen molar-refractivity contribution in [3.05, 3.63) is 16.0 Å². The summed E-state index contributed by atoms with van der Waals surface area (Å²) in [6, 6.07) is 2.56. The third-order valence-electron chi connectivity index (χ3n) is 3.51. The van der Waals surface area contributed by atoms with Gasteiger partial charge in [0.25, 0.3) is 0 Å². The predicted molar refractivity (Wildman–Crippen MR) is 77.4 cm³/mol. The maximum atomic E-state index is 11.9. The molecule has 2 rings (SSSR count). The summed E-state index contributed by atoms with van der Waals surface area (Å²) in [7, 11) is 0. The van der Waals surface area contributed by atoms with Gasteiger partial charge in [-0.25, -0.2) is 0 Å². The molecule has 1 unspecified atom stereocenters. The second kappa shape index (κ2) is 6.18. The summed E-state index contributed by atoms with van der Waals surface area (Å²) >= 11 is 1.56. The fourth-order valence-electron chi connectivity index (χ4n) is 2.19. The molecule has 0 saturated heterocycles. The first-order chi connectivity index (χ1) is 9.15. The molecule has 102 valence electrons. The molecule has 1 aliphatic rings. The Morgan fingerprint density at radius 3 is 3.00 bits per heavy atom. The topological polar surface area (TPSA) is 64.9 Å². The number of amides is 1. The molecule has 19 heavy (non-hydrogen) atoms. The average Bonchev–Trinajstić information content (AvgIpc) is 2.96. The van der Waals surface area contributed by atoms with Crippen LogP contribution in [0.2, 0.25) is 0 Å². The summed E-state index contributed by atoms with van der Waals surface area (Å²) in [4.78, 5) is 13.1. The fraction of sp³-hybridized carbons (Fsp3) is 0.571.